The number of fused-ring (bicyclic) bond motifs is 1. The lowest BCUT2D eigenvalue weighted by atomic mass is 9.89. The molecular weight excluding hydrogens is 337 g/mol. The number of halogens is 3. The summed E-state index contributed by atoms with van der Waals surface area (Å²) in [6.07, 6.45) is -5.99. The van der Waals surface area contributed by atoms with E-state index in [0.717, 1.165) is 6.07 Å². The van der Waals surface area contributed by atoms with Crippen molar-refractivity contribution in [2.45, 2.75) is 39.0 Å². The van der Waals surface area contributed by atoms with E-state index in [1.807, 2.05) is 13.8 Å². The van der Waals surface area contributed by atoms with Gasteiger partial charge in [-0.05, 0) is 30.0 Å². The number of hydrogen-bond acceptors (Lipinski definition) is 3. The number of anilines is 2. The zero-order valence-electron chi connectivity index (χ0n) is 13.9. The second-order valence-electron chi connectivity index (χ2n) is 6.03. The number of rotatable bonds is 2. The van der Waals surface area contributed by atoms with Crippen LogP contribution in [0.2, 0.25) is 0 Å². The molecule has 1 aromatic carbocycles. The van der Waals surface area contributed by atoms with Gasteiger partial charge in [0.25, 0.3) is 5.60 Å². The highest BCUT2D eigenvalue weighted by Crippen LogP contribution is 2.47. The van der Waals surface area contributed by atoms with Crippen LogP contribution >= 0.6 is 0 Å². The Labute approximate surface area is 142 Å². The molecule has 134 valence electrons. The second kappa shape index (κ2) is 6.67. The van der Waals surface area contributed by atoms with Crippen LogP contribution in [-0.2, 0) is 15.1 Å². The second-order valence-corrected chi connectivity index (χ2v) is 6.03. The van der Waals surface area contributed by atoms with E-state index < -0.39 is 23.8 Å². The molecule has 2 amide bonds. The van der Waals surface area contributed by atoms with Crippen molar-refractivity contribution in [3.63, 3.8) is 0 Å². The summed E-state index contributed by atoms with van der Waals surface area (Å²) in [4.78, 5) is 22.9. The Bertz CT molecular complexity index is 763. The smallest absolute Gasteiger partial charge is 0.415 e. The molecule has 0 bridgehead atoms. The van der Waals surface area contributed by atoms with Crippen LogP contribution in [0.5, 0.6) is 0 Å². The maximum absolute atomic E-state index is 13.9. The fourth-order valence-corrected chi connectivity index (χ4v) is 2.31. The van der Waals surface area contributed by atoms with Gasteiger partial charge in [0, 0.05) is 24.6 Å². The number of hydrogen-bond donors (Lipinski definition) is 2. The van der Waals surface area contributed by atoms with Crippen molar-refractivity contribution in [3.8, 4) is 11.8 Å². The van der Waals surface area contributed by atoms with E-state index in [1.165, 1.54) is 19.1 Å². The van der Waals surface area contributed by atoms with Crippen LogP contribution in [0.3, 0.4) is 0 Å². The summed E-state index contributed by atoms with van der Waals surface area (Å²) in [5.41, 5.74) is -3.39. The molecule has 0 aromatic heterocycles. The minimum Gasteiger partial charge on any atom is -0.415 e. The van der Waals surface area contributed by atoms with Gasteiger partial charge in [-0.3, -0.25) is 10.1 Å². The van der Waals surface area contributed by atoms with Crippen LogP contribution in [0.25, 0.3) is 0 Å². The van der Waals surface area contributed by atoms with Gasteiger partial charge in [-0.25, -0.2) is 4.79 Å². The molecule has 8 heteroatoms. The Morgan fingerprint density at radius 1 is 1.40 bits per heavy atom. The lowest BCUT2D eigenvalue weighted by Gasteiger charge is -2.36. The summed E-state index contributed by atoms with van der Waals surface area (Å²) in [6.45, 7) is 4.86. The minimum absolute atomic E-state index is 0.0559. The summed E-state index contributed by atoms with van der Waals surface area (Å²) in [5.74, 6) is 4.18. The topological polar surface area (TPSA) is 67.4 Å². The number of carbonyl (C=O) groups is 2. The van der Waals surface area contributed by atoms with E-state index in [4.69, 9.17) is 0 Å². The molecule has 1 unspecified atom stereocenters. The van der Waals surface area contributed by atoms with Gasteiger partial charge < -0.3 is 10.1 Å². The van der Waals surface area contributed by atoms with Gasteiger partial charge in [-0.2, -0.15) is 13.2 Å². The normalized spacial score (nSPS) is 19.2. The van der Waals surface area contributed by atoms with Crippen molar-refractivity contribution in [1.29, 1.82) is 0 Å². The predicted molar refractivity (Wildman–Crippen MR) is 85.8 cm³/mol. The van der Waals surface area contributed by atoms with Gasteiger partial charge in [0.1, 0.15) is 0 Å². The van der Waals surface area contributed by atoms with Crippen LogP contribution in [0.15, 0.2) is 18.2 Å². The van der Waals surface area contributed by atoms with Crippen molar-refractivity contribution in [3.05, 3.63) is 23.8 Å². The average molecular weight is 354 g/mol. The lowest BCUT2D eigenvalue weighted by molar-refractivity contribution is -0.239. The number of alkyl halides is 3. The number of ether oxygens (including phenoxy) is 1. The van der Waals surface area contributed by atoms with Crippen LogP contribution in [0.4, 0.5) is 29.3 Å². The number of nitrogens with one attached hydrogen (secondary N) is 2. The zero-order chi connectivity index (χ0) is 18.8. The van der Waals surface area contributed by atoms with E-state index in [0.29, 0.717) is 0 Å². The Balaban J connectivity index is 2.65. The van der Waals surface area contributed by atoms with Crippen molar-refractivity contribution < 1.29 is 27.5 Å². The Kier molecular flexibility index (Phi) is 4.97. The number of amides is 2. The molecule has 1 atom stereocenters. The van der Waals surface area contributed by atoms with Gasteiger partial charge >= 0.3 is 12.3 Å². The first-order valence-corrected chi connectivity index (χ1v) is 7.54. The minimum atomic E-state index is -4.96. The fraction of sp³-hybridized carbons (Fsp3) is 0.412. The van der Waals surface area contributed by atoms with Crippen molar-refractivity contribution in [1.82, 2.24) is 0 Å². The van der Waals surface area contributed by atoms with Gasteiger partial charge in [0.2, 0.25) is 5.91 Å². The molecule has 1 aromatic rings. The standard InChI is InChI=1S/C17H17F3N2O3/c1-10(2)5-4-8-16(17(18,19)20)13-9-12(21-11(3)23)6-7-14(13)22-15(24)25-16/h6-7,9-10H,5H2,1-3H3,(H,21,23)(H,22,24). The van der Waals surface area contributed by atoms with Crippen LogP contribution in [0.1, 0.15) is 32.8 Å². The van der Waals surface area contributed by atoms with Gasteiger partial charge in [-0.15, -0.1) is 0 Å². The van der Waals surface area contributed by atoms with Crippen molar-refractivity contribution in [2.24, 2.45) is 5.92 Å². The number of benzene rings is 1. The molecule has 0 radical (unpaired) electrons. The Morgan fingerprint density at radius 3 is 2.64 bits per heavy atom. The first kappa shape index (κ1) is 18.6. The van der Waals surface area contributed by atoms with E-state index >= 15 is 0 Å². The molecule has 1 aliphatic heterocycles. The first-order valence-electron chi connectivity index (χ1n) is 7.54. The predicted octanol–water partition coefficient (Wildman–Crippen LogP) is 4.01. The Morgan fingerprint density at radius 2 is 2.08 bits per heavy atom. The molecule has 25 heavy (non-hydrogen) atoms. The van der Waals surface area contributed by atoms with Crippen LogP contribution < -0.4 is 10.6 Å². The number of cyclic esters (lactones) is 1. The third-order valence-corrected chi connectivity index (χ3v) is 3.38. The van der Waals surface area contributed by atoms with Crippen LogP contribution in [0, 0.1) is 17.8 Å². The molecular formula is C17H17F3N2O3. The molecule has 0 saturated heterocycles. The lowest BCUT2D eigenvalue weighted by Crippen LogP contribution is -2.49. The molecule has 0 spiro atoms. The van der Waals surface area contributed by atoms with E-state index in [2.05, 4.69) is 27.2 Å². The van der Waals surface area contributed by atoms with Crippen LogP contribution in [-0.4, -0.2) is 18.2 Å². The third kappa shape index (κ3) is 3.87. The molecule has 0 fully saturated rings. The first-order chi connectivity index (χ1) is 11.5. The zero-order valence-corrected chi connectivity index (χ0v) is 13.9. The highest BCUT2D eigenvalue weighted by molar-refractivity contribution is 5.92. The molecule has 1 heterocycles. The maximum Gasteiger partial charge on any atom is 0.445 e. The highest BCUT2D eigenvalue weighted by atomic mass is 19.4. The molecule has 5 nitrogen and oxygen atoms in total. The van der Waals surface area contributed by atoms with Gasteiger partial charge in [0.05, 0.1) is 5.69 Å². The fourth-order valence-electron chi connectivity index (χ4n) is 2.31. The largest absolute Gasteiger partial charge is 0.445 e. The SMILES string of the molecule is CC(=O)Nc1ccc2c(c1)C(C#CCC(C)C)(C(F)(F)F)OC(=O)N2. The van der Waals surface area contributed by atoms with E-state index in [-0.39, 0.29) is 29.3 Å². The van der Waals surface area contributed by atoms with Gasteiger partial charge in [0.15, 0.2) is 0 Å². The van der Waals surface area contributed by atoms with Crippen molar-refractivity contribution >= 4 is 23.4 Å². The summed E-state index contributed by atoms with van der Waals surface area (Å²) in [5, 5.41) is 4.63. The summed E-state index contributed by atoms with van der Waals surface area (Å²) in [7, 11) is 0. The number of carbonyl (C=O) groups excluding carboxylic acids is 2. The highest BCUT2D eigenvalue weighted by Gasteiger charge is 2.62. The summed E-state index contributed by atoms with van der Waals surface area (Å²) >= 11 is 0. The third-order valence-electron chi connectivity index (χ3n) is 3.38. The molecule has 0 aliphatic carbocycles. The Hall–Kier alpha value is -2.69. The van der Waals surface area contributed by atoms with Gasteiger partial charge in [-0.1, -0.05) is 19.8 Å². The van der Waals surface area contributed by atoms with E-state index in [1.54, 1.807) is 0 Å². The average Bonchev–Trinajstić information content (AvgIpc) is 2.45. The summed E-state index contributed by atoms with van der Waals surface area (Å²) < 4.78 is 46.3. The molecule has 2 rings (SSSR count). The monoisotopic (exact) mass is 354 g/mol. The molecule has 2 N–H and O–H groups in total. The maximum atomic E-state index is 13.9. The molecule has 1 aliphatic rings. The summed E-state index contributed by atoms with van der Waals surface area (Å²) in [6, 6.07) is 3.76. The van der Waals surface area contributed by atoms with Crippen molar-refractivity contribution in [2.75, 3.05) is 10.6 Å². The van der Waals surface area contributed by atoms with E-state index in [9.17, 15) is 22.8 Å². The quantitative estimate of drug-likeness (QED) is 0.789. The molecule has 0 saturated carbocycles.